The summed E-state index contributed by atoms with van der Waals surface area (Å²) in [6.45, 7) is 5.71. The number of nitrogens with zero attached hydrogens (tertiary/aromatic N) is 3. The van der Waals surface area contributed by atoms with Gasteiger partial charge in [0.25, 0.3) is 0 Å². The molecule has 1 saturated carbocycles. The van der Waals surface area contributed by atoms with Crippen molar-refractivity contribution in [3.05, 3.63) is 41.1 Å². The van der Waals surface area contributed by atoms with Gasteiger partial charge in [0.15, 0.2) is 0 Å². The zero-order valence-electron chi connectivity index (χ0n) is 18.4. The number of rotatable bonds is 7. The second-order valence-corrected chi connectivity index (χ2v) is 8.67. The molecule has 0 unspecified atom stereocenters. The van der Waals surface area contributed by atoms with Crippen LogP contribution in [0.5, 0.6) is 0 Å². The van der Waals surface area contributed by atoms with Crippen molar-refractivity contribution < 1.29 is 15.0 Å². The van der Waals surface area contributed by atoms with E-state index in [9.17, 15) is 15.0 Å². The maximum atomic E-state index is 11.8. The van der Waals surface area contributed by atoms with E-state index in [1.807, 2.05) is 24.3 Å². The number of piperidine rings is 1. The van der Waals surface area contributed by atoms with E-state index < -0.39 is 11.4 Å². The Hall–Kier alpha value is -2.67. The fraction of sp³-hybridized carbons (Fsp3) is 0.542. The van der Waals surface area contributed by atoms with Gasteiger partial charge in [-0.25, -0.2) is 4.98 Å². The zero-order valence-corrected chi connectivity index (χ0v) is 18.4. The van der Waals surface area contributed by atoms with Crippen molar-refractivity contribution in [2.75, 3.05) is 23.3 Å². The van der Waals surface area contributed by atoms with Gasteiger partial charge in [0, 0.05) is 24.3 Å². The first kappa shape index (κ1) is 21.6. The number of benzene rings is 1. The number of hydrogen-bond donors (Lipinski definition) is 3. The Morgan fingerprint density at radius 2 is 1.81 bits per heavy atom. The molecular formula is C24H32N4O3. The van der Waals surface area contributed by atoms with E-state index in [0.717, 1.165) is 73.5 Å². The summed E-state index contributed by atoms with van der Waals surface area (Å²) in [6, 6.07) is 7.75. The molecule has 2 aliphatic rings. The highest BCUT2D eigenvalue weighted by Crippen LogP contribution is 2.44. The lowest BCUT2D eigenvalue weighted by Gasteiger charge is -2.38. The van der Waals surface area contributed by atoms with Crippen LogP contribution in [0.15, 0.2) is 24.3 Å². The van der Waals surface area contributed by atoms with Gasteiger partial charge in [0.1, 0.15) is 5.82 Å². The van der Waals surface area contributed by atoms with Crippen LogP contribution >= 0.6 is 0 Å². The largest absolute Gasteiger partial charge is 0.481 e. The number of aryl methyl sites for hydroxylation is 1. The van der Waals surface area contributed by atoms with Crippen molar-refractivity contribution in [1.29, 1.82) is 0 Å². The molecule has 2 heterocycles. The minimum Gasteiger partial charge on any atom is -0.481 e. The highest BCUT2D eigenvalue weighted by Gasteiger charge is 2.45. The van der Waals surface area contributed by atoms with E-state index in [-0.39, 0.29) is 6.10 Å². The van der Waals surface area contributed by atoms with Gasteiger partial charge in [0.05, 0.1) is 17.2 Å². The summed E-state index contributed by atoms with van der Waals surface area (Å²) in [6.07, 6.45) is 5.24. The number of carboxylic acid groups (broad SMARTS) is 1. The van der Waals surface area contributed by atoms with Gasteiger partial charge in [-0.1, -0.05) is 32.4 Å². The van der Waals surface area contributed by atoms with E-state index in [1.165, 1.54) is 0 Å². The third kappa shape index (κ3) is 4.11. The average Bonchev–Trinajstić information content (AvgIpc) is 2.74. The maximum absolute atomic E-state index is 11.8. The number of carbonyl (C=O) groups is 1. The molecule has 1 aliphatic carbocycles. The van der Waals surface area contributed by atoms with Gasteiger partial charge in [0.2, 0.25) is 5.95 Å². The Morgan fingerprint density at radius 3 is 2.32 bits per heavy atom. The quantitative estimate of drug-likeness (QED) is 0.621. The third-order valence-electron chi connectivity index (χ3n) is 6.83. The van der Waals surface area contributed by atoms with Gasteiger partial charge in [-0.3, -0.25) is 4.79 Å². The molecule has 7 heteroatoms. The van der Waals surface area contributed by atoms with E-state index in [0.29, 0.717) is 18.8 Å². The number of carboxylic acids is 1. The van der Waals surface area contributed by atoms with Crippen LogP contribution in [-0.2, 0) is 23.1 Å². The molecule has 0 atom stereocenters. The molecule has 0 radical (unpaired) electrons. The summed E-state index contributed by atoms with van der Waals surface area (Å²) in [5.41, 5.74) is 3.19. The summed E-state index contributed by atoms with van der Waals surface area (Å²) in [5.74, 6) is 0.784. The number of aliphatic carboxylic acids is 1. The number of anilines is 3. The molecule has 166 valence electrons. The van der Waals surface area contributed by atoms with Crippen molar-refractivity contribution in [2.24, 2.45) is 0 Å². The smallest absolute Gasteiger partial charge is 0.314 e. The van der Waals surface area contributed by atoms with Gasteiger partial charge >= 0.3 is 5.97 Å². The number of hydrogen-bond acceptors (Lipinski definition) is 6. The van der Waals surface area contributed by atoms with Crippen LogP contribution in [0, 0.1) is 0 Å². The van der Waals surface area contributed by atoms with Crippen LogP contribution in [0.4, 0.5) is 17.5 Å². The highest BCUT2D eigenvalue weighted by molar-refractivity contribution is 5.82. The second-order valence-electron chi connectivity index (χ2n) is 8.67. The standard InChI is InChI=1S/C24H32N4O3/c1-3-19-20(4-2)26-23(28-14-10-18(29)11-15-28)27-21(19)25-17-8-6-16(7-9-17)24(22(30)31)12-5-13-24/h6-9,18,29H,3-5,10-15H2,1-2H3,(H,30,31)(H,25,26,27). The molecule has 7 nitrogen and oxygen atoms in total. The van der Waals surface area contributed by atoms with E-state index in [2.05, 4.69) is 24.1 Å². The fourth-order valence-electron chi connectivity index (χ4n) is 4.66. The Labute approximate surface area is 183 Å². The minimum atomic E-state index is -0.729. The summed E-state index contributed by atoms with van der Waals surface area (Å²) < 4.78 is 0. The maximum Gasteiger partial charge on any atom is 0.314 e. The Bertz CT molecular complexity index is 933. The molecule has 1 saturated heterocycles. The van der Waals surface area contributed by atoms with Crippen molar-refractivity contribution in [3.8, 4) is 0 Å². The number of aliphatic hydroxyl groups excluding tert-OH is 1. The van der Waals surface area contributed by atoms with E-state index in [4.69, 9.17) is 9.97 Å². The van der Waals surface area contributed by atoms with Crippen molar-refractivity contribution in [1.82, 2.24) is 9.97 Å². The topological polar surface area (TPSA) is 98.6 Å². The van der Waals surface area contributed by atoms with Crippen LogP contribution in [0.3, 0.4) is 0 Å². The lowest BCUT2D eigenvalue weighted by molar-refractivity contribution is -0.147. The predicted octanol–water partition coefficient (Wildman–Crippen LogP) is 3.81. The Balaban J connectivity index is 1.61. The molecule has 2 aromatic rings. The Morgan fingerprint density at radius 1 is 1.13 bits per heavy atom. The van der Waals surface area contributed by atoms with Gasteiger partial charge in [-0.2, -0.15) is 4.98 Å². The lowest BCUT2D eigenvalue weighted by atomic mass is 9.64. The normalized spacial score (nSPS) is 18.5. The van der Waals surface area contributed by atoms with Gasteiger partial charge < -0.3 is 20.4 Å². The summed E-state index contributed by atoms with van der Waals surface area (Å²) >= 11 is 0. The van der Waals surface area contributed by atoms with Gasteiger partial charge in [-0.05, 0) is 56.2 Å². The number of aliphatic hydroxyl groups is 1. The summed E-state index contributed by atoms with van der Waals surface area (Å²) in [5, 5.41) is 23.0. The third-order valence-corrected chi connectivity index (χ3v) is 6.83. The highest BCUT2D eigenvalue weighted by atomic mass is 16.4. The van der Waals surface area contributed by atoms with Crippen LogP contribution in [-0.4, -0.2) is 45.3 Å². The van der Waals surface area contributed by atoms with Crippen molar-refractivity contribution >= 4 is 23.4 Å². The molecule has 31 heavy (non-hydrogen) atoms. The van der Waals surface area contributed by atoms with Crippen LogP contribution in [0.1, 0.15) is 62.8 Å². The lowest BCUT2D eigenvalue weighted by Crippen LogP contribution is -2.42. The summed E-state index contributed by atoms with van der Waals surface area (Å²) in [7, 11) is 0. The molecule has 2 fully saturated rings. The second kappa shape index (κ2) is 8.83. The minimum absolute atomic E-state index is 0.238. The predicted molar refractivity (Wildman–Crippen MR) is 121 cm³/mol. The SMILES string of the molecule is CCc1nc(N2CCC(O)CC2)nc(Nc2ccc(C3(C(=O)O)CCC3)cc2)c1CC. The van der Waals surface area contributed by atoms with E-state index >= 15 is 0 Å². The fourth-order valence-corrected chi connectivity index (χ4v) is 4.66. The first-order chi connectivity index (χ1) is 15.0. The van der Waals surface area contributed by atoms with Crippen LogP contribution in [0.25, 0.3) is 0 Å². The van der Waals surface area contributed by atoms with Crippen LogP contribution in [0.2, 0.25) is 0 Å². The number of nitrogens with one attached hydrogen (secondary N) is 1. The zero-order chi connectivity index (χ0) is 22.0. The van der Waals surface area contributed by atoms with E-state index in [1.54, 1.807) is 0 Å². The molecule has 4 rings (SSSR count). The molecule has 0 bridgehead atoms. The Kier molecular flexibility index (Phi) is 6.14. The average molecular weight is 425 g/mol. The number of aromatic nitrogens is 2. The molecule has 1 aliphatic heterocycles. The molecule has 1 aromatic heterocycles. The van der Waals surface area contributed by atoms with Crippen molar-refractivity contribution in [2.45, 2.75) is 70.3 Å². The molecule has 0 amide bonds. The monoisotopic (exact) mass is 424 g/mol. The first-order valence-electron chi connectivity index (χ1n) is 11.4. The molecular weight excluding hydrogens is 392 g/mol. The molecule has 0 spiro atoms. The van der Waals surface area contributed by atoms with Crippen LogP contribution < -0.4 is 10.2 Å². The summed E-state index contributed by atoms with van der Waals surface area (Å²) in [4.78, 5) is 23.6. The van der Waals surface area contributed by atoms with Crippen molar-refractivity contribution in [3.63, 3.8) is 0 Å². The molecule has 1 aromatic carbocycles. The first-order valence-corrected chi connectivity index (χ1v) is 11.4. The molecule has 3 N–H and O–H groups in total. The van der Waals surface area contributed by atoms with Gasteiger partial charge in [-0.15, -0.1) is 0 Å².